The van der Waals surface area contributed by atoms with Gasteiger partial charge in [-0.1, -0.05) is 5.16 Å². The van der Waals surface area contributed by atoms with Crippen molar-refractivity contribution in [3.63, 3.8) is 0 Å². The highest BCUT2D eigenvalue weighted by atomic mass is 32.2. The quantitative estimate of drug-likeness (QED) is 0.857. The number of hydrogen-bond acceptors (Lipinski definition) is 6. The van der Waals surface area contributed by atoms with Crippen molar-refractivity contribution in [3.05, 3.63) is 11.7 Å². The predicted molar refractivity (Wildman–Crippen MR) is 62.4 cm³/mol. The van der Waals surface area contributed by atoms with Crippen molar-refractivity contribution in [2.24, 2.45) is 0 Å². The van der Waals surface area contributed by atoms with Crippen LogP contribution in [0.1, 0.15) is 42.6 Å². The average Bonchev–Trinajstić information content (AvgIpc) is 2.77. The molecule has 2 rings (SSSR count). The SMILES string of the molecule is CC(c1noc(C2CCCNC2)n1)S(C)(=O)=O. The second kappa shape index (κ2) is 4.73. The highest BCUT2D eigenvalue weighted by Gasteiger charge is 2.26. The molecule has 1 aliphatic heterocycles. The molecule has 0 bridgehead atoms. The summed E-state index contributed by atoms with van der Waals surface area (Å²) in [6.07, 6.45) is 3.25. The summed E-state index contributed by atoms with van der Waals surface area (Å²) in [4.78, 5) is 4.20. The minimum atomic E-state index is -3.17. The molecule has 2 unspecified atom stereocenters. The summed E-state index contributed by atoms with van der Waals surface area (Å²) in [5.41, 5.74) is 0. The molecule has 17 heavy (non-hydrogen) atoms. The molecule has 96 valence electrons. The Morgan fingerprint density at radius 1 is 1.53 bits per heavy atom. The molecule has 0 amide bonds. The maximum atomic E-state index is 11.4. The van der Waals surface area contributed by atoms with Gasteiger partial charge in [-0.15, -0.1) is 0 Å². The molecule has 0 aliphatic carbocycles. The fourth-order valence-corrected chi connectivity index (χ4v) is 2.31. The second-order valence-corrected chi connectivity index (χ2v) is 6.87. The van der Waals surface area contributed by atoms with E-state index in [9.17, 15) is 8.42 Å². The van der Waals surface area contributed by atoms with E-state index in [1.54, 1.807) is 6.92 Å². The Morgan fingerprint density at radius 2 is 2.29 bits per heavy atom. The van der Waals surface area contributed by atoms with E-state index in [1.165, 1.54) is 6.26 Å². The lowest BCUT2D eigenvalue weighted by atomic mass is 10.00. The lowest BCUT2D eigenvalue weighted by molar-refractivity contribution is 0.320. The predicted octanol–water partition coefficient (Wildman–Crippen LogP) is 0.642. The van der Waals surface area contributed by atoms with E-state index in [4.69, 9.17) is 4.52 Å². The fraction of sp³-hybridized carbons (Fsp3) is 0.800. The van der Waals surface area contributed by atoms with Gasteiger partial charge in [-0.05, 0) is 26.3 Å². The van der Waals surface area contributed by atoms with E-state index < -0.39 is 15.1 Å². The monoisotopic (exact) mass is 259 g/mol. The lowest BCUT2D eigenvalue weighted by Crippen LogP contribution is -2.28. The van der Waals surface area contributed by atoms with Crippen LogP contribution in [0.2, 0.25) is 0 Å². The van der Waals surface area contributed by atoms with Gasteiger partial charge in [0.05, 0.1) is 5.92 Å². The van der Waals surface area contributed by atoms with Gasteiger partial charge in [-0.3, -0.25) is 0 Å². The fourth-order valence-electron chi connectivity index (χ4n) is 1.83. The second-order valence-electron chi connectivity index (χ2n) is 4.51. The summed E-state index contributed by atoms with van der Waals surface area (Å²) < 4.78 is 27.9. The lowest BCUT2D eigenvalue weighted by Gasteiger charge is -2.18. The number of piperidine rings is 1. The Labute approximate surface area is 101 Å². The maximum absolute atomic E-state index is 11.4. The van der Waals surface area contributed by atoms with Gasteiger partial charge in [0.1, 0.15) is 5.25 Å². The van der Waals surface area contributed by atoms with E-state index in [0.717, 1.165) is 25.9 Å². The van der Waals surface area contributed by atoms with Gasteiger partial charge in [0.2, 0.25) is 5.89 Å². The highest BCUT2D eigenvalue weighted by molar-refractivity contribution is 7.90. The Hall–Kier alpha value is -0.950. The van der Waals surface area contributed by atoms with Crippen LogP contribution in [0.3, 0.4) is 0 Å². The minimum absolute atomic E-state index is 0.205. The Morgan fingerprint density at radius 3 is 2.88 bits per heavy atom. The normalized spacial score (nSPS) is 23.5. The standard InChI is InChI=1S/C10H17N3O3S/c1-7(17(2,14)15)9-12-10(16-13-9)8-4-3-5-11-6-8/h7-8,11H,3-6H2,1-2H3. The molecule has 1 aromatic rings. The van der Waals surface area contributed by atoms with Crippen LogP contribution in [-0.2, 0) is 9.84 Å². The average molecular weight is 259 g/mol. The molecule has 0 saturated carbocycles. The van der Waals surface area contributed by atoms with Crippen molar-refractivity contribution in [2.45, 2.75) is 30.9 Å². The molecule has 1 saturated heterocycles. The third kappa shape index (κ3) is 2.84. The number of rotatable bonds is 3. The van der Waals surface area contributed by atoms with Gasteiger partial charge in [0, 0.05) is 12.8 Å². The zero-order valence-electron chi connectivity index (χ0n) is 10.0. The summed E-state index contributed by atoms with van der Waals surface area (Å²) in [6.45, 7) is 3.40. The van der Waals surface area contributed by atoms with Crippen molar-refractivity contribution < 1.29 is 12.9 Å². The Kier molecular flexibility index (Phi) is 3.48. The van der Waals surface area contributed by atoms with Crippen LogP contribution in [0.25, 0.3) is 0 Å². The molecule has 0 aromatic carbocycles. The molecule has 6 nitrogen and oxygen atoms in total. The van der Waals surface area contributed by atoms with Crippen LogP contribution in [0.4, 0.5) is 0 Å². The minimum Gasteiger partial charge on any atom is -0.339 e. The molecule has 1 aromatic heterocycles. The summed E-state index contributed by atoms with van der Waals surface area (Å²) in [7, 11) is -3.17. The molecular formula is C10H17N3O3S. The van der Waals surface area contributed by atoms with Crippen molar-refractivity contribution in [1.29, 1.82) is 0 Å². The highest BCUT2D eigenvalue weighted by Crippen LogP contribution is 2.24. The third-order valence-corrected chi connectivity index (χ3v) is 4.60. The molecule has 2 heterocycles. The van der Waals surface area contributed by atoms with Crippen molar-refractivity contribution >= 4 is 9.84 Å². The van der Waals surface area contributed by atoms with E-state index in [2.05, 4.69) is 15.5 Å². The Balaban J connectivity index is 2.15. The molecule has 7 heteroatoms. The summed E-state index contributed by atoms with van der Waals surface area (Å²) >= 11 is 0. The van der Waals surface area contributed by atoms with E-state index in [1.807, 2.05) is 0 Å². The largest absolute Gasteiger partial charge is 0.339 e. The molecule has 1 fully saturated rings. The number of hydrogen-bond donors (Lipinski definition) is 1. The molecule has 2 atom stereocenters. The van der Waals surface area contributed by atoms with Gasteiger partial charge in [-0.25, -0.2) is 8.42 Å². The van der Waals surface area contributed by atoms with Crippen LogP contribution < -0.4 is 5.32 Å². The zero-order valence-corrected chi connectivity index (χ0v) is 10.8. The number of sulfone groups is 1. The van der Waals surface area contributed by atoms with Gasteiger partial charge in [-0.2, -0.15) is 4.98 Å². The van der Waals surface area contributed by atoms with Gasteiger partial charge in [0.25, 0.3) is 0 Å². The summed E-state index contributed by atoms with van der Waals surface area (Å²) in [5.74, 6) is 1.01. The zero-order chi connectivity index (χ0) is 12.5. The smallest absolute Gasteiger partial charge is 0.231 e. The van der Waals surface area contributed by atoms with Gasteiger partial charge >= 0.3 is 0 Å². The van der Waals surface area contributed by atoms with Crippen molar-refractivity contribution in [3.8, 4) is 0 Å². The molecule has 0 radical (unpaired) electrons. The maximum Gasteiger partial charge on any atom is 0.231 e. The first-order chi connectivity index (χ1) is 7.98. The van der Waals surface area contributed by atoms with Crippen LogP contribution in [0.5, 0.6) is 0 Å². The van der Waals surface area contributed by atoms with E-state index in [-0.39, 0.29) is 11.7 Å². The molecule has 1 aliphatic rings. The summed E-state index contributed by atoms with van der Waals surface area (Å²) in [6, 6.07) is 0. The first-order valence-electron chi connectivity index (χ1n) is 5.71. The third-order valence-electron chi connectivity index (χ3n) is 3.11. The topological polar surface area (TPSA) is 85.1 Å². The first kappa shape index (κ1) is 12.5. The molecular weight excluding hydrogens is 242 g/mol. The first-order valence-corrected chi connectivity index (χ1v) is 7.67. The van der Waals surface area contributed by atoms with Crippen LogP contribution in [-0.4, -0.2) is 37.9 Å². The Bertz CT molecular complexity index is 477. The van der Waals surface area contributed by atoms with Crippen molar-refractivity contribution in [2.75, 3.05) is 19.3 Å². The van der Waals surface area contributed by atoms with Crippen molar-refractivity contribution in [1.82, 2.24) is 15.5 Å². The number of aromatic nitrogens is 2. The van der Waals surface area contributed by atoms with Crippen LogP contribution in [0, 0.1) is 0 Å². The number of nitrogens with one attached hydrogen (secondary N) is 1. The van der Waals surface area contributed by atoms with Crippen LogP contribution in [0.15, 0.2) is 4.52 Å². The van der Waals surface area contributed by atoms with E-state index in [0.29, 0.717) is 5.89 Å². The van der Waals surface area contributed by atoms with Crippen LogP contribution >= 0.6 is 0 Å². The van der Waals surface area contributed by atoms with E-state index >= 15 is 0 Å². The summed E-state index contributed by atoms with van der Waals surface area (Å²) in [5, 5.41) is 6.31. The number of nitrogens with zero attached hydrogens (tertiary/aromatic N) is 2. The molecule has 0 spiro atoms. The van der Waals surface area contributed by atoms with Gasteiger partial charge in [0.15, 0.2) is 15.7 Å². The molecule has 1 N–H and O–H groups in total. The van der Waals surface area contributed by atoms with Gasteiger partial charge < -0.3 is 9.84 Å².